The van der Waals surface area contributed by atoms with Crippen LogP contribution in [0, 0.1) is 0 Å². The Morgan fingerprint density at radius 2 is 1.92 bits per heavy atom. The number of aliphatic carboxylic acids is 1. The Balaban J connectivity index is 2.34. The van der Waals surface area contributed by atoms with Gasteiger partial charge in [-0.05, 0) is 32.4 Å². The van der Waals surface area contributed by atoms with Gasteiger partial charge in [0.1, 0.15) is 12.1 Å². The van der Waals surface area contributed by atoms with Crippen molar-refractivity contribution in [2.24, 2.45) is 0 Å². The first-order valence-corrected chi connectivity index (χ1v) is 7.70. The number of amides is 1. The molecule has 0 radical (unpaired) electrons. The van der Waals surface area contributed by atoms with Crippen LogP contribution in [-0.2, 0) is 19.1 Å². The van der Waals surface area contributed by atoms with Crippen molar-refractivity contribution in [3.63, 3.8) is 0 Å². The molecular formula is C18H21NO5. The molecule has 1 heterocycles. The Kier molecular flexibility index (Phi) is 5.07. The van der Waals surface area contributed by atoms with E-state index in [4.69, 9.17) is 9.84 Å². The van der Waals surface area contributed by atoms with Gasteiger partial charge in [0.15, 0.2) is 0 Å². The predicted molar refractivity (Wildman–Crippen MR) is 89.5 cm³/mol. The number of carboxylic acids is 1. The number of fused-ring (bicyclic) bond motifs is 1. The van der Waals surface area contributed by atoms with Crippen LogP contribution in [-0.4, -0.2) is 35.1 Å². The summed E-state index contributed by atoms with van der Waals surface area (Å²) in [5, 5.41) is 9.05. The van der Waals surface area contributed by atoms with Gasteiger partial charge in [-0.15, -0.1) is 0 Å². The molecule has 0 saturated heterocycles. The van der Waals surface area contributed by atoms with E-state index >= 15 is 0 Å². The van der Waals surface area contributed by atoms with Gasteiger partial charge in [0.05, 0.1) is 12.1 Å². The monoisotopic (exact) mass is 331 g/mol. The molecule has 6 heteroatoms. The Bertz CT molecular complexity index is 700. The summed E-state index contributed by atoms with van der Waals surface area (Å²) in [6.45, 7) is 4.96. The van der Waals surface area contributed by atoms with Crippen LogP contribution in [0.15, 0.2) is 30.3 Å². The van der Waals surface area contributed by atoms with Crippen LogP contribution in [0.3, 0.4) is 0 Å². The third-order valence-electron chi connectivity index (χ3n) is 3.41. The molecule has 1 amide bonds. The molecule has 0 atom stereocenters. The summed E-state index contributed by atoms with van der Waals surface area (Å²) in [5.74, 6) is -1.79. The summed E-state index contributed by atoms with van der Waals surface area (Å²) in [6.07, 6.45) is 1.75. The number of benzene rings is 1. The Labute approximate surface area is 140 Å². The lowest BCUT2D eigenvalue weighted by molar-refractivity contribution is -0.153. The highest BCUT2D eigenvalue weighted by Crippen LogP contribution is 2.33. The molecule has 0 fully saturated rings. The summed E-state index contributed by atoms with van der Waals surface area (Å²) >= 11 is 0. The maximum Gasteiger partial charge on any atom is 0.323 e. The van der Waals surface area contributed by atoms with Gasteiger partial charge in [-0.1, -0.05) is 24.3 Å². The van der Waals surface area contributed by atoms with Crippen molar-refractivity contribution in [2.75, 3.05) is 11.4 Å². The maximum absolute atomic E-state index is 12.3. The van der Waals surface area contributed by atoms with E-state index in [1.165, 1.54) is 4.90 Å². The molecule has 0 saturated carbocycles. The lowest BCUT2D eigenvalue weighted by Gasteiger charge is -2.22. The number of nitrogens with zero attached hydrogens (tertiary/aromatic N) is 1. The second-order valence-corrected chi connectivity index (χ2v) is 6.59. The molecule has 6 nitrogen and oxygen atoms in total. The minimum atomic E-state index is -1.09. The van der Waals surface area contributed by atoms with E-state index in [-0.39, 0.29) is 24.7 Å². The average Bonchev–Trinajstić information content (AvgIpc) is 2.57. The number of hydrogen-bond acceptors (Lipinski definition) is 4. The van der Waals surface area contributed by atoms with Crippen molar-refractivity contribution in [2.45, 2.75) is 39.2 Å². The van der Waals surface area contributed by atoms with Crippen LogP contribution < -0.4 is 4.90 Å². The zero-order chi connectivity index (χ0) is 17.9. The number of para-hydroxylation sites is 1. The molecule has 0 aliphatic carbocycles. The van der Waals surface area contributed by atoms with Crippen LogP contribution in [0.5, 0.6) is 0 Å². The van der Waals surface area contributed by atoms with Crippen molar-refractivity contribution in [3.8, 4) is 0 Å². The third kappa shape index (κ3) is 4.44. The first kappa shape index (κ1) is 17.7. The van der Waals surface area contributed by atoms with Crippen LogP contribution in [0.4, 0.5) is 5.69 Å². The fourth-order valence-electron chi connectivity index (χ4n) is 2.55. The molecule has 128 valence electrons. The lowest BCUT2D eigenvalue weighted by Crippen LogP contribution is -2.35. The van der Waals surface area contributed by atoms with Crippen LogP contribution in [0.1, 0.15) is 39.2 Å². The highest BCUT2D eigenvalue weighted by molar-refractivity contribution is 6.04. The topological polar surface area (TPSA) is 83.9 Å². The molecule has 2 rings (SSSR count). The van der Waals surface area contributed by atoms with Gasteiger partial charge in [-0.2, -0.15) is 0 Å². The second kappa shape index (κ2) is 6.86. The number of anilines is 1. The van der Waals surface area contributed by atoms with Gasteiger partial charge in [0.2, 0.25) is 5.91 Å². The second-order valence-electron chi connectivity index (χ2n) is 6.59. The SMILES string of the molecule is CC(C)(C)OC(=O)CC1=CCC(=O)N(CC(=O)O)c2ccccc21. The van der Waals surface area contributed by atoms with Gasteiger partial charge in [0, 0.05) is 12.0 Å². The zero-order valence-corrected chi connectivity index (χ0v) is 14.0. The number of esters is 1. The van der Waals surface area contributed by atoms with Crippen LogP contribution in [0.2, 0.25) is 0 Å². The van der Waals surface area contributed by atoms with E-state index in [0.717, 1.165) is 0 Å². The average molecular weight is 331 g/mol. The molecule has 0 unspecified atom stereocenters. The number of carboxylic acid groups (broad SMARTS) is 1. The Hall–Kier alpha value is -2.63. The molecule has 24 heavy (non-hydrogen) atoms. The minimum Gasteiger partial charge on any atom is -0.480 e. The molecule has 0 aromatic heterocycles. The van der Waals surface area contributed by atoms with Crippen molar-refractivity contribution < 1.29 is 24.2 Å². The van der Waals surface area contributed by atoms with Crippen molar-refractivity contribution in [1.29, 1.82) is 0 Å². The normalized spacial score (nSPS) is 14.5. The zero-order valence-electron chi connectivity index (χ0n) is 14.0. The van der Waals surface area contributed by atoms with E-state index < -0.39 is 18.1 Å². The summed E-state index contributed by atoms with van der Waals surface area (Å²) < 4.78 is 5.34. The molecule has 1 N–H and O–H groups in total. The van der Waals surface area contributed by atoms with E-state index in [1.54, 1.807) is 51.1 Å². The molecule has 0 bridgehead atoms. The fraction of sp³-hybridized carbons (Fsp3) is 0.389. The Morgan fingerprint density at radius 1 is 1.25 bits per heavy atom. The van der Waals surface area contributed by atoms with Gasteiger partial charge in [0.25, 0.3) is 0 Å². The van der Waals surface area contributed by atoms with Gasteiger partial charge >= 0.3 is 11.9 Å². The number of hydrogen-bond donors (Lipinski definition) is 1. The summed E-state index contributed by atoms with van der Waals surface area (Å²) in [6, 6.07) is 6.98. The molecular weight excluding hydrogens is 310 g/mol. The molecule has 1 aliphatic rings. The highest BCUT2D eigenvalue weighted by Gasteiger charge is 2.26. The highest BCUT2D eigenvalue weighted by atomic mass is 16.6. The van der Waals surface area contributed by atoms with E-state index in [2.05, 4.69) is 0 Å². The molecule has 1 aromatic carbocycles. The quantitative estimate of drug-likeness (QED) is 0.858. The smallest absolute Gasteiger partial charge is 0.323 e. The molecule has 0 spiro atoms. The number of carbonyl (C=O) groups is 3. The summed E-state index contributed by atoms with van der Waals surface area (Å²) in [5.41, 5.74) is 1.25. The summed E-state index contributed by atoms with van der Waals surface area (Å²) in [7, 11) is 0. The predicted octanol–water partition coefficient (Wildman–Crippen LogP) is 2.62. The lowest BCUT2D eigenvalue weighted by atomic mass is 10.0. The number of rotatable bonds is 4. The first-order valence-electron chi connectivity index (χ1n) is 7.70. The van der Waals surface area contributed by atoms with Crippen molar-refractivity contribution >= 4 is 29.1 Å². The van der Waals surface area contributed by atoms with E-state index in [9.17, 15) is 14.4 Å². The first-order chi connectivity index (χ1) is 11.2. The van der Waals surface area contributed by atoms with Gasteiger partial charge < -0.3 is 14.7 Å². The van der Waals surface area contributed by atoms with E-state index in [1.807, 2.05) is 0 Å². The van der Waals surface area contributed by atoms with Crippen molar-refractivity contribution in [1.82, 2.24) is 0 Å². The van der Waals surface area contributed by atoms with E-state index in [0.29, 0.717) is 16.8 Å². The van der Waals surface area contributed by atoms with Crippen LogP contribution in [0.25, 0.3) is 5.57 Å². The minimum absolute atomic E-state index is 0.0302. The molecule has 1 aromatic rings. The Morgan fingerprint density at radius 3 is 2.54 bits per heavy atom. The van der Waals surface area contributed by atoms with Gasteiger partial charge in [-0.25, -0.2) is 0 Å². The standard InChI is InChI=1S/C18H21NO5/c1-18(2,3)24-17(23)10-12-8-9-15(20)19(11-16(21)22)14-7-5-4-6-13(12)14/h4-8H,9-11H2,1-3H3,(H,21,22). The van der Waals surface area contributed by atoms with Crippen molar-refractivity contribution in [3.05, 3.63) is 35.9 Å². The molecule has 1 aliphatic heterocycles. The largest absolute Gasteiger partial charge is 0.480 e. The summed E-state index contributed by atoms with van der Waals surface area (Å²) in [4.78, 5) is 36.7. The van der Waals surface area contributed by atoms with Gasteiger partial charge in [-0.3, -0.25) is 14.4 Å². The number of carbonyl (C=O) groups excluding carboxylic acids is 2. The maximum atomic E-state index is 12.3. The third-order valence-corrected chi connectivity index (χ3v) is 3.41. The van der Waals surface area contributed by atoms with Crippen LogP contribution >= 0.6 is 0 Å². The number of ether oxygens (including phenoxy) is 1. The fourth-order valence-corrected chi connectivity index (χ4v) is 2.55.